The van der Waals surface area contributed by atoms with E-state index in [-0.39, 0.29) is 0 Å². The van der Waals surface area contributed by atoms with Crippen LogP contribution in [0.2, 0.25) is 0 Å². The topological polar surface area (TPSA) is 93.7 Å². The highest BCUT2D eigenvalue weighted by Gasteiger charge is 2.14. The molecule has 0 aliphatic rings. The lowest BCUT2D eigenvalue weighted by molar-refractivity contribution is 0.419. The molecule has 0 amide bonds. The molecule has 0 atom stereocenters. The van der Waals surface area contributed by atoms with E-state index in [4.69, 9.17) is 15.5 Å². The summed E-state index contributed by atoms with van der Waals surface area (Å²) >= 11 is 0. The van der Waals surface area contributed by atoms with Crippen molar-refractivity contribution < 1.29 is 4.52 Å². The van der Waals surface area contributed by atoms with Gasteiger partial charge in [0.1, 0.15) is 23.1 Å². The van der Waals surface area contributed by atoms with Gasteiger partial charge in [0, 0.05) is 11.6 Å². The zero-order valence-electron chi connectivity index (χ0n) is 11.4. The molecule has 0 saturated heterocycles. The molecule has 2 N–H and O–H groups in total. The van der Waals surface area contributed by atoms with Gasteiger partial charge in [-0.15, -0.1) is 0 Å². The predicted molar refractivity (Wildman–Crippen MR) is 77.1 cm³/mol. The van der Waals surface area contributed by atoms with Gasteiger partial charge in [0.05, 0.1) is 12.2 Å². The average Bonchev–Trinajstić information content (AvgIpc) is 3.06. The number of rotatable bonds is 3. The summed E-state index contributed by atoms with van der Waals surface area (Å²) in [6.45, 7) is 2.12. The molecular weight excluding hydrogens is 266 g/mol. The van der Waals surface area contributed by atoms with Crippen LogP contribution in [-0.2, 0) is 6.54 Å². The second-order valence-electron chi connectivity index (χ2n) is 4.66. The third-order valence-electron chi connectivity index (χ3n) is 3.21. The molecule has 6 nitrogen and oxygen atoms in total. The fraction of sp³-hybridized carbons (Fsp3) is 0.133. The van der Waals surface area contributed by atoms with Gasteiger partial charge in [0.15, 0.2) is 5.76 Å². The lowest BCUT2D eigenvalue weighted by Crippen LogP contribution is -2.06. The zero-order valence-corrected chi connectivity index (χ0v) is 11.4. The molecule has 2 heterocycles. The number of hydrogen-bond acceptors (Lipinski definition) is 5. The molecule has 0 aliphatic heterocycles. The molecular formula is C15H13N5O. The summed E-state index contributed by atoms with van der Waals surface area (Å²) in [5.74, 6) is 1.04. The Labute approximate surface area is 121 Å². The van der Waals surface area contributed by atoms with E-state index in [9.17, 15) is 0 Å². The van der Waals surface area contributed by atoms with E-state index < -0.39 is 0 Å². The summed E-state index contributed by atoms with van der Waals surface area (Å²) in [4.78, 5) is 0. The fourth-order valence-corrected chi connectivity index (χ4v) is 2.14. The molecule has 21 heavy (non-hydrogen) atoms. The highest BCUT2D eigenvalue weighted by Crippen LogP contribution is 2.21. The first-order valence-electron chi connectivity index (χ1n) is 6.43. The number of nitriles is 1. The molecule has 2 aromatic heterocycles. The van der Waals surface area contributed by atoms with Gasteiger partial charge in [-0.1, -0.05) is 35.5 Å². The molecule has 0 bridgehead atoms. The minimum Gasteiger partial charge on any atom is -0.383 e. The fourth-order valence-electron chi connectivity index (χ4n) is 2.14. The van der Waals surface area contributed by atoms with Crippen molar-refractivity contribution in [3.63, 3.8) is 0 Å². The Hall–Kier alpha value is -3.07. The molecule has 0 aliphatic carbocycles. The maximum atomic E-state index is 9.01. The van der Waals surface area contributed by atoms with Crippen LogP contribution in [0.5, 0.6) is 0 Å². The van der Waals surface area contributed by atoms with E-state index in [0.717, 1.165) is 5.56 Å². The van der Waals surface area contributed by atoms with E-state index >= 15 is 0 Å². The number of aromatic nitrogens is 3. The lowest BCUT2D eigenvalue weighted by atomic mass is 10.2. The van der Waals surface area contributed by atoms with Crippen LogP contribution in [0, 0.1) is 18.3 Å². The minimum atomic E-state index is 0.347. The maximum absolute atomic E-state index is 9.01. The molecule has 3 aromatic rings. The van der Waals surface area contributed by atoms with Crippen LogP contribution in [0.25, 0.3) is 11.3 Å². The number of nitrogens with two attached hydrogens (primary N) is 1. The number of nitrogen functional groups attached to an aromatic ring is 1. The quantitative estimate of drug-likeness (QED) is 0.794. The van der Waals surface area contributed by atoms with Gasteiger partial charge in [-0.3, -0.25) is 0 Å². The van der Waals surface area contributed by atoms with Crippen molar-refractivity contribution >= 4 is 5.82 Å². The highest BCUT2D eigenvalue weighted by molar-refractivity contribution is 5.57. The summed E-state index contributed by atoms with van der Waals surface area (Å²) in [6, 6.07) is 13.6. The van der Waals surface area contributed by atoms with E-state index in [2.05, 4.69) is 10.3 Å². The first-order valence-corrected chi connectivity index (χ1v) is 6.43. The van der Waals surface area contributed by atoms with E-state index in [1.807, 2.05) is 42.5 Å². The lowest BCUT2D eigenvalue weighted by Gasteiger charge is -1.99. The minimum absolute atomic E-state index is 0.347. The second-order valence-corrected chi connectivity index (χ2v) is 4.66. The van der Waals surface area contributed by atoms with Crippen molar-refractivity contribution in [2.75, 3.05) is 5.73 Å². The Morgan fingerprint density at radius 2 is 2.10 bits per heavy atom. The molecule has 104 valence electrons. The van der Waals surface area contributed by atoms with Crippen LogP contribution in [0.4, 0.5) is 5.82 Å². The van der Waals surface area contributed by atoms with Gasteiger partial charge >= 0.3 is 0 Å². The number of aryl methyl sites for hydroxylation is 1. The first-order chi connectivity index (χ1) is 10.2. The Morgan fingerprint density at radius 1 is 1.33 bits per heavy atom. The van der Waals surface area contributed by atoms with Crippen LogP contribution in [0.15, 0.2) is 40.9 Å². The Morgan fingerprint density at radius 3 is 2.76 bits per heavy atom. The van der Waals surface area contributed by atoms with Gasteiger partial charge in [-0.05, 0) is 6.92 Å². The molecule has 3 rings (SSSR count). The van der Waals surface area contributed by atoms with Gasteiger partial charge in [-0.25, -0.2) is 4.68 Å². The third kappa shape index (κ3) is 2.37. The van der Waals surface area contributed by atoms with Crippen LogP contribution >= 0.6 is 0 Å². The summed E-state index contributed by atoms with van der Waals surface area (Å²) in [6.07, 6.45) is 0. The van der Waals surface area contributed by atoms with Crippen LogP contribution in [0.1, 0.15) is 17.0 Å². The third-order valence-corrected chi connectivity index (χ3v) is 3.21. The van der Waals surface area contributed by atoms with Crippen molar-refractivity contribution in [1.29, 1.82) is 5.26 Å². The molecule has 1 aromatic carbocycles. The molecule has 0 spiro atoms. The Kier molecular flexibility index (Phi) is 3.16. The summed E-state index contributed by atoms with van der Waals surface area (Å²) in [7, 11) is 0. The Balaban J connectivity index is 1.87. The zero-order chi connectivity index (χ0) is 14.8. The Bertz CT molecular complexity index is 810. The standard InChI is InChI=1S/C15H13N5O/c1-10-13(8-16)15(17)20(18-10)9-12-7-14(21-19-12)11-5-3-2-4-6-11/h2-7H,9,17H2,1H3. The van der Waals surface area contributed by atoms with Crippen LogP contribution in [0.3, 0.4) is 0 Å². The van der Waals surface area contributed by atoms with Crippen molar-refractivity contribution in [1.82, 2.24) is 14.9 Å². The summed E-state index contributed by atoms with van der Waals surface area (Å²) in [5, 5.41) is 17.3. The van der Waals surface area contributed by atoms with Crippen LogP contribution < -0.4 is 5.73 Å². The number of anilines is 1. The van der Waals surface area contributed by atoms with Crippen molar-refractivity contribution in [2.45, 2.75) is 13.5 Å². The normalized spacial score (nSPS) is 10.5. The molecule has 0 fully saturated rings. The predicted octanol–water partition coefficient (Wildman–Crippen LogP) is 2.35. The first kappa shape index (κ1) is 12.9. The van der Waals surface area contributed by atoms with Crippen molar-refractivity contribution in [3.8, 4) is 17.4 Å². The number of hydrogen-bond donors (Lipinski definition) is 1. The highest BCUT2D eigenvalue weighted by atomic mass is 16.5. The largest absolute Gasteiger partial charge is 0.383 e. The van der Waals surface area contributed by atoms with Gasteiger partial charge in [-0.2, -0.15) is 10.4 Å². The van der Waals surface area contributed by atoms with E-state index in [0.29, 0.717) is 35.1 Å². The molecule has 6 heteroatoms. The molecule has 0 unspecified atom stereocenters. The smallest absolute Gasteiger partial charge is 0.167 e. The van der Waals surface area contributed by atoms with Crippen LogP contribution in [-0.4, -0.2) is 14.9 Å². The van der Waals surface area contributed by atoms with Crippen molar-refractivity contribution in [3.05, 3.63) is 53.3 Å². The molecule has 0 saturated carbocycles. The van der Waals surface area contributed by atoms with Gasteiger partial charge in [0.2, 0.25) is 0 Å². The van der Waals surface area contributed by atoms with E-state index in [1.165, 1.54) is 0 Å². The van der Waals surface area contributed by atoms with Gasteiger partial charge in [0.25, 0.3) is 0 Å². The summed E-state index contributed by atoms with van der Waals surface area (Å²) in [5.41, 5.74) is 8.58. The SMILES string of the molecule is Cc1nn(Cc2cc(-c3ccccc3)on2)c(N)c1C#N. The average molecular weight is 279 g/mol. The van der Waals surface area contributed by atoms with Crippen molar-refractivity contribution in [2.24, 2.45) is 0 Å². The molecule has 0 radical (unpaired) electrons. The second kappa shape index (κ2) is 5.13. The monoisotopic (exact) mass is 279 g/mol. The number of benzene rings is 1. The van der Waals surface area contributed by atoms with Gasteiger partial charge < -0.3 is 10.3 Å². The number of nitrogens with zero attached hydrogens (tertiary/aromatic N) is 4. The van der Waals surface area contributed by atoms with E-state index in [1.54, 1.807) is 11.6 Å². The summed E-state index contributed by atoms with van der Waals surface area (Å²) < 4.78 is 6.89. The maximum Gasteiger partial charge on any atom is 0.167 e.